The molecule has 0 saturated carbocycles. The summed E-state index contributed by atoms with van der Waals surface area (Å²) in [5.74, 6) is 0.843. The van der Waals surface area contributed by atoms with Gasteiger partial charge in [-0.2, -0.15) is 0 Å². The molecule has 10 heavy (non-hydrogen) atoms. The lowest BCUT2D eigenvalue weighted by Crippen LogP contribution is -1.89. The summed E-state index contributed by atoms with van der Waals surface area (Å²) in [6.45, 7) is 0. The van der Waals surface area contributed by atoms with E-state index in [4.69, 9.17) is 4.18 Å². The predicted molar refractivity (Wildman–Crippen MR) is 41.5 cm³/mol. The number of fused-ring (bicyclic) bond motifs is 1. The number of hydrogen-bond acceptors (Lipinski definition) is 3. The molecular formula is C7H5NOS. The molecule has 0 spiro atoms. The van der Waals surface area contributed by atoms with Crippen LogP contribution in [0.5, 0.6) is 5.75 Å². The summed E-state index contributed by atoms with van der Waals surface area (Å²) in [7, 11) is 0. The van der Waals surface area contributed by atoms with E-state index in [0.717, 1.165) is 11.4 Å². The molecule has 0 radical (unpaired) electrons. The van der Waals surface area contributed by atoms with Crippen molar-refractivity contribution < 1.29 is 4.18 Å². The van der Waals surface area contributed by atoms with Crippen molar-refractivity contribution in [3.63, 3.8) is 0 Å². The molecule has 1 aromatic heterocycles. The fourth-order valence-corrected chi connectivity index (χ4v) is 1.25. The lowest BCUT2D eigenvalue weighted by Gasteiger charge is -2.07. The molecule has 0 N–H and O–H groups in total. The van der Waals surface area contributed by atoms with Crippen molar-refractivity contribution in [3.8, 4) is 5.75 Å². The third-order valence-corrected chi connectivity index (χ3v) is 1.74. The van der Waals surface area contributed by atoms with E-state index in [1.165, 1.54) is 12.0 Å². The molecular weight excluding hydrogens is 146 g/mol. The highest BCUT2D eigenvalue weighted by atomic mass is 32.2. The second kappa shape index (κ2) is 2.34. The van der Waals surface area contributed by atoms with Crippen molar-refractivity contribution in [2.24, 2.45) is 0 Å². The van der Waals surface area contributed by atoms with Crippen LogP contribution in [-0.4, -0.2) is 4.98 Å². The van der Waals surface area contributed by atoms with Crippen LogP contribution in [0.2, 0.25) is 0 Å². The minimum atomic E-state index is 0.843. The van der Waals surface area contributed by atoms with Crippen molar-refractivity contribution in [2.45, 2.75) is 0 Å². The number of rotatable bonds is 0. The standard InChI is InChI=1S/C7H5NOS/c1-2-7-6(8-4-1)3-5-10-9-7/h1-5H. The van der Waals surface area contributed by atoms with E-state index in [1.54, 1.807) is 6.20 Å². The van der Waals surface area contributed by atoms with Gasteiger partial charge in [0, 0.05) is 11.6 Å². The third-order valence-electron chi connectivity index (χ3n) is 1.22. The second-order valence-corrected chi connectivity index (χ2v) is 2.50. The molecule has 1 aliphatic heterocycles. The highest BCUT2D eigenvalue weighted by molar-refractivity contribution is 7.98. The molecule has 0 unspecified atom stereocenters. The van der Waals surface area contributed by atoms with Crippen LogP contribution in [0.3, 0.4) is 0 Å². The van der Waals surface area contributed by atoms with E-state index in [2.05, 4.69) is 4.98 Å². The van der Waals surface area contributed by atoms with Crippen LogP contribution in [0.15, 0.2) is 23.7 Å². The Labute approximate surface area is 63.1 Å². The lowest BCUT2D eigenvalue weighted by atomic mass is 10.3. The van der Waals surface area contributed by atoms with E-state index >= 15 is 0 Å². The molecule has 0 amide bonds. The zero-order chi connectivity index (χ0) is 6.81. The molecule has 0 aliphatic carbocycles. The zero-order valence-corrected chi connectivity index (χ0v) is 5.97. The van der Waals surface area contributed by atoms with Gasteiger partial charge in [-0.25, -0.2) is 0 Å². The quantitative estimate of drug-likeness (QED) is 0.530. The molecule has 2 rings (SSSR count). The van der Waals surface area contributed by atoms with E-state index in [9.17, 15) is 0 Å². The minimum Gasteiger partial charge on any atom is -0.419 e. The highest BCUT2D eigenvalue weighted by Gasteiger charge is 2.04. The van der Waals surface area contributed by atoms with Crippen molar-refractivity contribution in [3.05, 3.63) is 29.4 Å². The molecule has 0 bridgehead atoms. The molecule has 3 heteroatoms. The van der Waals surface area contributed by atoms with E-state index in [1.807, 2.05) is 23.6 Å². The molecule has 0 atom stereocenters. The van der Waals surface area contributed by atoms with Gasteiger partial charge in [-0.05, 0) is 18.2 Å². The first-order valence-electron chi connectivity index (χ1n) is 2.92. The van der Waals surface area contributed by atoms with Crippen LogP contribution >= 0.6 is 12.0 Å². The summed E-state index contributed by atoms with van der Waals surface area (Å²) >= 11 is 1.32. The van der Waals surface area contributed by atoms with Gasteiger partial charge in [0.05, 0.1) is 12.0 Å². The van der Waals surface area contributed by atoms with E-state index in [0.29, 0.717) is 0 Å². The number of nitrogens with zero attached hydrogens (tertiary/aromatic N) is 1. The highest BCUT2D eigenvalue weighted by Crippen LogP contribution is 2.26. The van der Waals surface area contributed by atoms with Crippen molar-refractivity contribution in [2.75, 3.05) is 0 Å². The molecule has 50 valence electrons. The Kier molecular flexibility index (Phi) is 1.36. The second-order valence-electron chi connectivity index (χ2n) is 1.87. The van der Waals surface area contributed by atoms with Gasteiger partial charge in [-0.3, -0.25) is 4.98 Å². The number of hydrogen-bond donors (Lipinski definition) is 0. The maximum absolute atomic E-state index is 5.19. The van der Waals surface area contributed by atoms with Gasteiger partial charge in [0.25, 0.3) is 0 Å². The average Bonchev–Trinajstić information content (AvgIpc) is 2.05. The Bertz CT molecular complexity index is 272. The first-order valence-corrected chi connectivity index (χ1v) is 3.72. The average molecular weight is 151 g/mol. The Balaban J connectivity index is 2.54. The SMILES string of the molecule is C1=Cc2ncccc2OS1. The van der Waals surface area contributed by atoms with Crippen molar-refractivity contribution >= 4 is 18.1 Å². The predicted octanol–water partition coefficient (Wildman–Crippen LogP) is 2.09. The van der Waals surface area contributed by atoms with Crippen LogP contribution < -0.4 is 4.18 Å². The van der Waals surface area contributed by atoms with Gasteiger partial charge in [-0.1, -0.05) is 0 Å². The summed E-state index contributed by atoms with van der Waals surface area (Å²) in [5.41, 5.74) is 0.904. The maximum Gasteiger partial charge on any atom is 0.163 e. The van der Waals surface area contributed by atoms with Gasteiger partial charge in [0.1, 0.15) is 5.69 Å². The summed E-state index contributed by atoms with van der Waals surface area (Å²) in [5, 5.41) is 1.87. The molecule has 1 aliphatic rings. The third kappa shape index (κ3) is 0.885. The molecule has 2 nitrogen and oxygen atoms in total. The first-order chi connectivity index (χ1) is 4.97. The summed E-state index contributed by atoms with van der Waals surface area (Å²) in [4.78, 5) is 4.09. The molecule has 0 saturated heterocycles. The summed E-state index contributed by atoms with van der Waals surface area (Å²) in [6, 6.07) is 3.76. The van der Waals surface area contributed by atoms with Crippen LogP contribution in [-0.2, 0) is 0 Å². The molecule has 0 fully saturated rings. The van der Waals surface area contributed by atoms with Crippen LogP contribution in [0, 0.1) is 0 Å². The van der Waals surface area contributed by atoms with E-state index in [-0.39, 0.29) is 0 Å². The van der Waals surface area contributed by atoms with Gasteiger partial charge in [0.2, 0.25) is 0 Å². The Morgan fingerprint density at radius 1 is 1.50 bits per heavy atom. The zero-order valence-electron chi connectivity index (χ0n) is 5.15. The Morgan fingerprint density at radius 3 is 3.40 bits per heavy atom. The van der Waals surface area contributed by atoms with Crippen LogP contribution in [0.25, 0.3) is 6.08 Å². The van der Waals surface area contributed by atoms with Crippen molar-refractivity contribution in [1.29, 1.82) is 0 Å². The smallest absolute Gasteiger partial charge is 0.163 e. The minimum absolute atomic E-state index is 0.843. The van der Waals surface area contributed by atoms with Crippen molar-refractivity contribution in [1.82, 2.24) is 4.98 Å². The lowest BCUT2D eigenvalue weighted by molar-refractivity contribution is 0.643. The topological polar surface area (TPSA) is 22.1 Å². The molecule has 1 aromatic rings. The van der Waals surface area contributed by atoms with Crippen LogP contribution in [0.1, 0.15) is 5.69 Å². The fraction of sp³-hybridized carbons (Fsp3) is 0. The largest absolute Gasteiger partial charge is 0.419 e. The first kappa shape index (κ1) is 5.80. The molecule has 2 heterocycles. The van der Waals surface area contributed by atoms with Gasteiger partial charge < -0.3 is 4.18 Å². The summed E-state index contributed by atoms with van der Waals surface area (Å²) < 4.78 is 5.19. The normalized spacial score (nSPS) is 14.0. The maximum atomic E-state index is 5.19. The van der Waals surface area contributed by atoms with Gasteiger partial charge in [0.15, 0.2) is 5.75 Å². The Hall–Kier alpha value is -0.960. The van der Waals surface area contributed by atoms with Gasteiger partial charge >= 0.3 is 0 Å². The summed E-state index contributed by atoms with van der Waals surface area (Å²) in [6.07, 6.45) is 3.69. The molecule has 0 aromatic carbocycles. The van der Waals surface area contributed by atoms with E-state index < -0.39 is 0 Å². The Morgan fingerprint density at radius 2 is 2.50 bits per heavy atom. The van der Waals surface area contributed by atoms with Gasteiger partial charge in [-0.15, -0.1) is 0 Å². The fourth-order valence-electron chi connectivity index (χ4n) is 0.770. The number of aromatic nitrogens is 1. The monoisotopic (exact) mass is 151 g/mol. The van der Waals surface area contributed by atoms with Crippen LogP contribution in [0.4, 0.5) is 0 Å². The number of pyridine rings is 1.